The first-order valence-corrected chi connectivity index (χ1v) is 5.97. The first-order chi connectivity index (χ1) is 8.15. The third-order valence-electron chi connectivity index (χ3n) is 2.35. The number of nitrogens with zero attached hydrogens (tertiary/aromatic N) is 2. The van der Waals surface area contributed by atoms with Crippen LogP contribution in [0.1, 0.15) is 5.82 Å². The van der Waals surface area contributed by atoms with Crippen molar-refractivity contribution in [3.63, 3.8) is 0 Å². The molecule has 0 aliphatic heterocycles. The largest absolute Gasteiger partial charge is 0.326 e. The fourth-order valence-corrected chi connectivity index (χ4v) is 1.89. The van der Waals surface area contributed by atoms with Gasteiger partial charge in [0.25, 0.3) is 0 Å². The minimum Gasteiger partial charge on any atom is -0.326 e. The number of halogens is 1. The van der Waals surface area contributed by atoms with Gasteiger partial charge in [0.2, 0.25) is 5.91 Å². The topological polar surface area (TPSA) is 46.9 Å². The Morgan fingerprint density at radius 1 is 1.53 bits per heavy atom. The summed E-state index contributed by atoms with van der Waals surface area (Å²) in [5, 5.41) is 2.83. The van der Waals surface area contributed by atoms with Crippen LogP contribution in [-0.4, -0.2) is 15.5 Å². The van der Waals surface area contributed by atoms with Gasteiger partial charge in [-0.05, 0) is 25.1 Å². The van der Waals surface area contributed by atoms with Gasteiger partial charge in [-0.15, -0.1) is 0 Å². The first kappa shape index (κ1) is 11.9. The van der Waals surface area contributed by atoms with E-state index in [1.165, 1.54) is 0 Å². The number of carbonyl (C=O) groups excluding carboxylic acids is 1. The molecule has 0 aliphatic rings. The van der Waals surface area contributed by atoms with Crippen molar-refractivity contribution in [1.29, 1.82) is 0 Å². The molecule has 1 aromatic carbocycles. The first-order valence-electron chi connectivity index (χ1n) is 5.18. The van der Waals surface area contributed by atoms with Crippen molar-refractivity contribution >= 4 is 27.5 Å². The molecule has 1 amide bonds. The summed E-state index contributed by atoms with van der Waals surface area (Å²) in [7, 11) is 0. The Balaban J connectivity index is 2.01. The van der Waals surface area contributed by atoms with Gasteiger partial charge in [0, 0.05) is 22.6 Å². The van der Waals surface area contributed by atoms with Crippen LogP contribution in [0, 0.1) is 6.92 Å². The van der Waals surface area contributed by atoms with Crippen LogP contribution in [-0.2, 0) is 11.3 Å². The molecular weight excluding hydrogens is 282 g/mol. The van der Waals surface area contributed by atoms with Crippen molar-refractivity contribution < 1.29 is 4.79 Å². The fourth-order valence-electron chi connectivity index (χ4n) is 1.49. The second kappa shape index (κ2) is 5.14. The van der Waals surface area contributed by atoms with Crippen molar-refractivity contribution in [2.24, 2.45) is 0 Å². The van der Waals surface area contributed by atoms with E-state index in [-0.39, 0.29) is 12.5 Å². The third-order valence-corrected chi connectivity index (χ3v) is 2.84. The minimum absolute atomic E-state index is 0.0656. The Morgan fingerprint density at radius 2 is 2.35 bits per heavy atom. The number of hydrogen-bond acceptors (Lipinski definition) is 2. The Kier molecular flexibility index (Phi) is 3.58. The number of carbonyl (C=O) groups is 1. The highest BCUT2D eigenvalue weighted by atomic mass is 79.9. The number of rotatable bonds is 3. The van der Waals surface area contributed by atoms with Crippen LogP contribution in [0.5, 0.6) is 0 Å². The van der Waals surface area contributed by atoms with Crippen LogP contribution in [0.15, 0.2) is 41.1 Å². The van der Waals surface area contributed by atoms with Gasteiger partial charge < -0.3 is 9.88 Å². The summed E-state index contributed by atoms with van der Waals surface area (Å²) in [5.41, 5.74) is 0.780. The van der Waals surface area contributed by atoms with Gasteiger partial charge in [0.15, 0.2) is 0 Å². The predicted octanol–water partition coefficient (Wildman–Crippen LogP) is 2.59. The number of imidazole rings is 1. The Bertz CT molecular complexity index is 536. The van der Waals surface area contributed by atoms with Crippen LogP contribution >= 0.6 is 15.9 Å². The van der Waals surface area contributed by atoms with Gasteiger partial charge in [-0.3, -0.25) is 4.79 Å². The lowest BCUT2D eigenvalue weighted by Gasteiger charge is -2.07. The van der Waals surface area contributed by atoms with Crippen LogP contribution < -0.4 is 5.32 Å². The average molecular weight is 294 g/mol. The highest BCUT2D eigenvalue weighted by Crippen LogP contribution is 2.15. The van der Waals surface area contributed by atoms with E-state index in [2.05, 4.69) is 26.2 Å². The molecular formula is C12H12BrN3O. The van der Waals surface area contributed by atoms with E-state index in [4.69, 9.17) is 0 Å². The molecule has 0 spiro atoms. The van der Waals surface area contributed by atoms with Crippen molar-refractivity contribution in [2.75, 3.05) is 5.32 Å². The standard InChI is InChI=1S/C12H12BrN3O/c1-9-14-5-6-16(9)8-12(17)15-11-4-2-3-10(13)7-11/h2-7H,8H2,1H3,(H,15,17). The number of aryl methyl sites for hydroxylation is 1. The van der Waals surface area contributed by atoms with Gasteiger partial charge >= 0.3 is 0 Å². The summed E-state index contributed by atoms with van der Waals surface area (Å²) in [6.07, 6.45) is 3.47. The molecule has 5 heteroatoms. The molecule has 0 bridgehead atoms. The van der Waals surface area contributed by atoms with Crippen LogP contribution in [0.3, 0.4) is 0 Å². The molecule has 1 aromatic heterocycles. The molecule has 0 fully saturated rings. The smallest absolute Gasteiger partial charge is 0.244 e. The molecule has 2 rings (SSSR count). The normalized spacial score (nSPS) is 10.2. The quantitative estimate of drug-likeness (QED) is 0.945. The summed E-state index contributed by atoms with van der Waals surface area (Å²) >= 11 is 3.36. The highest BCUT2D eigenvalue weighted by Gasteiger charge is 2.05. The number of aromatic nitrogens is 2. The lowest BCUT2D eigenvalue weighted by molar-refractivity contribution is -0.116. The van der Waals surface area contributed by atoms with Crippen molar-refractivity contribution in [3.05, 3.63) is 47.0 Å². The molecule has 0 saturated carbocycles. The molecule has 88 valence electrons. The zero-order valence-electron chi connectivity index (χ0n) is 9.35. The summed E-state index contributed by atoms with van der Waals surface area (Å²) in [6, 6.07) is 7.50. The van der Waals surface area contributed by atoms with Crippen LogP contribution in [0.4, 0.5) is 5.69 Å². The zero-order chi connectivity index (χ0) is 12.3. The van der Waals surface area contributed by atoms with Crippen LogP contribution in [0.2, 0.25) is 0 Å². The highest BCUT2D eigenvalue weighted by molar-refractivity contribution is 9.10. The van der Waals surface area contributed by atoms with Gasteiger partial charge in [0.1, 0.15) is 12.4 Å². The Morgan fingerprint density at radius 3 is 3.00 bits per heavy atom. The molecule has 0 radical (unpaired) electrons. The van der Waals surface area contributed by atoms with Crippen molar-refractivity contribution in [2.45, 2.75) is 13.5 Å². The molecule has 17 heavy (non-hydrogen) atoms. The van der Waals surface area contributed by atoms with E-state index in [1.54, 1.807) is 17.0 Å². The van der Waals surface area contributed by atoms with Crippen molar-refractivity contribution in [1.82, 2.24) is 9.55 Å². The van der Waals surface area contributed by atoms with E-state index in [9.17, 15) is 4.79 Å². The average Bonchev–Trinajstić information content (AvgIpc) is 2.64. The number of amides is 1. The molecule has 1 heterocycles. The van der Waals surface area contributed by atoms with Crippen LogP contribution in [0.25, 0.3) is 0 Å². The molecule has 1 N–H and O–H groups in total. The maximum absolute atomic E-state index is 11.8. The minimum atomic E-state index is -0.0656. The van der Waals surface area contributed by atoms with Gasteiger partial charge in [-0.1, -0.05) is 22.0 Å². The maximum Gasteiger partial charge on any atom is 0.244 e. The van der Waals surface area contributed by atoms with E-state index < -0.39 is 0 Å². The third kappa shape index (κ3) is 3.17. The summed E-state index contributed by atoms with van der Waals surface area (Å²) in [4.78, 5) is 15.8. The summed E-state index contributed by atoms with van der Waals surface area (Å²) < 4.78 is 2.74. The Hall–Kier alpha value is -1.62. The summed E-state index contributed by atoms with van der Waals surface area (Å²) in [5.74, 6) is 0.763. The lowest BCUT2D eigenvalue weighted by Crippen LogP contribution is -2.19. The Labute approximate surface area is 108 Å². The lowest BCUT2D eigenvalue weighted by atomic mass is 10.3. The van der Waals surface area contributed by atoms with E-state index in [0.29, 0.717) is 0 Å². The number of anilines is 1. The number of benzene rings is 1. The monoisotopic (exact) mass is 293 g/mol. The van der Waals surface area contributed by atoms with E-state index in [0.717, 1.165) is 16.0 Å². The van der Waals surface area contributed by atoms with Gasteiger partial charge in [0.05, 0.1) is 0 Å². The molecule has 4 nitrogen and oxygen atoms in total. The molecule has 0 aliphatic carbocycles. The summed E-state index contributed by atoms with van der Waals surface area (Å²) in [6.45, 7) is 2.14. The predicted molar refractivity (Wildman–Crippen MR) is 69.7 cm³/mol. The second-order valence-corrected chi connectivity index (χ2v) is 4.58. The van der Waals surface area contributed by atoms with E-state index >= 15 is 0 Å². The van der Waals surface area contributed by atoms with E-state index in [1.807, 2.05) is 31.2 Å². The van der Waals surface area contributed by atoms with Crippen molar-refractivity contribution in [3.8, 4) is 0 Å². The molecule has 0 atom stereocenters. The van der Waals surface area contributed by atoms with Gasteiger partial charge in [-0.25, -0.2) is 4.98 Å². The number of hydrogen-bond donors (Lipinski definition) is 1. The molecule has 0 saturated heterocycles. The van der Waals surface area contributed by atoms with Gasteiger partial charge in [-0.2, -0.15) is 0 Å². The fraction of sp³-hybridized carbons (Fsp3) is 0.167. The second-order valence-electron chi connectivity index (χ2n) is 3.66. The number of nitrogens with one attached hydrogen (secondary N) is 1. The molecule has 0 unspecified atom stereocenters. The maximum atomic E-state index is 11.8. The SMILES string of the molecule is Cc1nccn1CC(=O)Nc1cccc(Br)c1. The molecule has 2 aromatic rings. The zero-order valence-corrected chi connectivity index (χ0v) is 10.9.